The monoisotopic (exact) mass is 180 g/mol. The summed E-state index contributed by atoms with van der Waals surface area (Å²) in [7, 11) is 0. The smallest absolute Gasteiger partial charge is 0.147 e. The van der Waals surface area contributed by atoms with E-state index in [2.05, 4.69) is 15.4 Å². The highest BCUT2D eigenvalue weighted by Crippen LogP contribution is 2.18. The van der Waals surface area contributed by atoms with Crippen LogP contribution in [0.15, 0.2) is 0 Å². The lowest BCUT2D eigenvalue weighted by Crippen LogP contribution is -2.22. The fraction of sp³-hybridized carbons (Fsp3) is 0.778. The van der Waals surface area contributed by atoms with Gasteiger partial charge in [0.2, 0.25) is 0 Å². The summed E-state index contributed by atoms with van der Waals surface area (Å²) < 4.78 is 1.96. The third-order valence-electron chi connectivity index (χ3n) is 2.30. The summed E-state index contributed by atoms with van der Waals surface area (Å²) in [6.45, 7) is 5.87. The number of aryl methyl sites for hydroxylation is 2. The highest BCUT2D eigenvalue weighted by Gasteiger charge is 2.19. The van der Waals surface area contributed by atoms with Crippen LogP contribution in [-0.4, -0.2) is 27.4 Å². The average Bonchev–Trinajstić information content (AvgIpc) is 2.81. The molecule has 72 valence electrons. The predicted molar refractivity (Wildman–Crippen MR) is 50.5 cm³/mol. The van der Waals surface area contributed by atoms with Crippen LogP contribution in [0.4, 0.5) is 0 Å². The van der Waals surface area contributed by atoms with Gasteiger partial charge in [-0.1, -0.05) is 0 Å². The number of nitrogens with one attached hydrogen (secondary N) is 1. The summed E-state index contributed by atoms with van der Waals surface area (Å²) in [6, 6.07) is 0.782. The Morgan fingerprint density at radius 1 is 1.46 bits per heavy atom. The van der Waals surface area contributed by atoms with E-state index in [0.29, 0.717) is 0 Å². The van der Waals surface area contributed by atoms with E-state index in [1.165, 1.54) is 12.8 Å². The van der Waals surface area contributed by atoms with Crippen LogP contribution in [-0.2, 0) is 6.54 Å². The van der Waals surface area contributed by atoms with E-state index in [4.69, 9.17) is 0 Å². The lowest BCUT2D eigenvalue weighted by Gasteiger charge is -2.03. The Bertz CT molecular complexity index is 288. The maximum atomic E-state index is 4.29. The summed E-state index contributed by atoms with van der Waals surface area (Å²) in [6.07, 6.45) is 2.69. The number of aromatic nitrogens is 3. The van der Waals surface area contributed by atoms with Crippen LogP contribution in [0.3, 0.4) is 0 Å². The molecule has 1 aliphatic rings. The molecule has 4 nitrogen and oxygen atoms in total. The van der Waals surface area contributed by atoms with Crippen LogP contribution in [0.1, 0.15) is 24.5 Å². The minimum absolute atomic E-state index is 0.782. The van der Waals surface area contributed by atoms with Crippen molar-refractivity contribution in [3.8, 4) is 0 Å². The number of hydrogen-bond donors (Lipinski definition) is 1. The van der Waals surface area contributed by atoms with Crippen LogP contribution >= 0.6 is 0 Å². The first kappa shape index (κ1) is 8.69. The summed E-state index contributed by atoms with van der Waals surface area (Å²) >= 11 is 0. The van der Waals surface area contributed by atoms with Crippen LogP contribution in [0.25, 0.3) is 0 Å². The van der Waals surface area contributed by atoms with Crippen molar-refractivity contribution in [2.24, 2.45) is 0 Å². The Labute approximate surface area is 78.4 Å². The molecule has 1 aromatic rings. The molecule has 4 heteroatoms. The van der Waals surface area contributed by atoms with E-state index in [1.807, 2.05) is 18.5 Å². The molecule has 0 aliphatic heterocycles. The molecule has 0 saturated heterocycles. The first-order chi connectivity index (χ1) is 6.25. The first-order valence-electron chi connectivity index (χ1n) is 4.87. The fourth-order valence-corrected chi connectivity index (χ4v) is 1.44. The SMILES string of the molecule is Cc1nc(C)n(CCNC2CC2)n1. The molecule has 0 bridgehead atoms. The van der Waals surface area contributed by atoms with Gasteiger partial charge >= 0.3 is 0 Å². The molecule has 0 radical (unpaired) electrons. The van der Waals surface area contributed by atoms with Crippen molar-refractivity contribution < 1.29 is 0 Å². The minimum atomic E-state index is 0.782. The fourth-order valence-electron chi connectivity index (χ4n) is 1.44. The Kier molecular flexibility index (Phi) is 2.31. The van der Waals surface area contributed by atoms with Gasteiger partial charge in [-0.2, -0.15) is 5.10 Å². The molecule has 1 N–H and O–H groups in total. The van der Waals surface area contributed by atoms with E-state index in [1.54, 1.807) is 0 Å². The molecule has 1 aromatic heterocycles. The van der Waals surface area contributed by atoms with Gasteiger partial charge in [0.25, 0.3) is 0 Å². The Morgan fingerprint density at radius 3 is 2.77 bits per heavy atom. The summed E-state index contributed by atoms with van der Waals surface area (Å²) in [5.74, 6) is 1.87. The van der Waals surface area contributed by atoms with Crippen molar-refractivity contribution in [3.63, 3.8) is 0 Å². The zero-order valence-electron chi connectivity index (χ0n) is 8.25. The standard InChI is InChI=1S/C9H16N4/c1-7-11-8(2)13(12-7)6-5-10-9-3-4-9/h9-10H,3-6H2,1-2H3. The van der Waals surface area contributed by atoms with Crippen LogP contribution < -0.4 is 5.32 Å². The Balaban J connectivity index is 1.81. The third-order valence-corrected chi connectivity index (χ3v) is 2.30. The molecule has 0 atom stereocenters. The molecule has 0 aromatic carbocycles. The molecule has 1 aliphatic carbocycles. The molecule has 2 rings (SSSR count). The van der Waals surface area contributed by atoms with Crippen LogP contribution in [0.2, 0.25) is 0 Å². The van der Waals surface area contributed by atoms with Gasteiger partial charge in [0.05, 0.1) is 6.54 Å². The zero-order chi connectivity index (χ0) is 9.26. The van der Waals surface area contributed by atoms with E-state index in [0.717, 1.165) is 30.8 Å². The molecule has 13 heavy (non-hydrogen) atoms. The van der Waals surface area contributed by atoms with E-state index < -0.39 is 0 Å². The van der Waals surface area contributed by atoms with E-state index in [9.17, 15) is 0 Å². The molecule has 1 saturated carbocycles. The Morgan fingerprint density at radius 2 is 2.23 bits per heavy atom. The third kappa shape index (κ3) is 2.28. The molecule has 0 amide bonds. The number of hydrogen-bond acceptors (Lipinski definition) is 3. The quantitative estimate of drug-likeness (QED) is 0.739. The maximum Gasteiger partial charge on any atom is 0.147 e. The summed E-state index contributed by atoms with van der Waals surface area (Å²) in [4.78, 5) is 4.25. The van der Waals surface area contributed by atoms with Crippen molar-refractivity contribution in [2.75, 3.05) is 6.54 Å². The molecular weight excluding hydrogens is 164 g/mol. The van der Waals surface area contributed by atoms with Crippen LogP contribution in [0, 0.1) is 13.8 Å². The van der Waals surface area contributed by atoms with Gasteiger partial charge in [-0.3, -0.25) is 0 Å². The second-order valence-corrected chi connectivity index (χ2v) is 3.66. The summed E-state index contributed by atoms with van der Waals surface area (Å²) in [5, 5.41) is 7.75. The number of rotatable bonds is 4. The van der Waals surface area contributed by atoms with E-state index >= 15 is 0 Å². The first-order valence-corrected chi connectivity index (χ1v) is 4.87. The van der Waals surface area contributed by atoms with Crippen molar-refractivity contribution >= 4 is 0 Å². The molecule has 1 heterocycles. The average molecular weight is 180 g/mol. The molecule has 1 fully saturated rings. The predicted octanol–water partition coefficient (Wildman–Crippen LogP) is 0.647. The lowest BCUT2D eigenvalue weighted by atomic mass is 10.5. The van der Waals surface area contributed by atoms with Gasteiger partial charge in [-0.05, 0) is 26.7 Å². The van der Waals surface area contributed by atoms with Crippen LogP contribution in [0.5, 0.6) is 0 Å². The Hall–Kier alpha value is -0.900. The normalized spacial score (nSPS) is 16.5. The largest absolute Gasteiger partial charge is 0.312 e. The van der Waals surface area contributed by atoms with Gasteiger partial charge in [-0.15, -0.1) is 0 Å². The van der Waals surface area contributed by atoms with Gasteiger partial charge in [0.15, 0.2) is 0 Å². The topological polar surface area (TPSA) is 42.7 Å². The van der Waals surface area contributed by atoms with Crippen molar-refractivity contribution in [2.45, 2.75) is 39.3 Å². The van der Waals surface area contributed by atoms with Gasteiger partial charge in [0, 0.05) is 12.6 Å². The maximum absolute atomic E-state index is 4.29. The second-order valence-electron chi connectivity index (χ2n) is 3.66. The van der Waals surface area contributed by atoms with Gasteiger partial charge in [-0.25, -0.2) is 9.67 Å². The summed E-state index contributed by atoms with van der Waals surface area (Å²) in [5.41, 5.74) is 0. The van der Waals surface area contributed by atoms with Crippen molar-refractivity contribution in [3.05, 3.63) is 11.6 Å². The van der Waals surface area contributed by atoms with Crippen molar-refractivity contribution in [1.82, 2.24) is 20.1 Å². The zero-order valence-corrected chi connectivity index (χ0v) is 8.25. The second kappa shape index (κ2) is 3.46. The number of nitrogens with zero attached hydrogens (tertiary/aromatic N) is 3. The van der Waals surface area contributed by atoms with Gasteiger partial charge in [0.1, 0.15) is 11.6 Å². The van der Waals surface area contributed by atoms with E-state index in [-0.39, 0.29) is 0 Å². The highest BCUT2D eigenvalue weighted by atomic mass is 15.3. The lowest BCUT2D eigenvalue weighted by molar-refractivity contribution is 0.539. The highest BCUT2D eigenvalue weighted by molar-refractivity contribution is 4.88. The van der Waals surface area contributed by atoms with Crippen molar-refractivity contribution in [1.29, 1.82) is 0 Å². The molecule has 0 spiro atoms. The molecule has 0 unspecified atom stereocenters. The molecular formula is C9H16N4. The minimum Gasteiger partial charge on any atom is -0.312 e. The van der Waals surface area contributed by atoms with Gasteiger partial charge < -0.3 is 5.32 Å².